The number of hydrogen-bond acceptors (Lipinski definition) is 5. The number of thioether (sulfide) groups is 1. The molecule has 0 amide bonds. The quantitative estimate of drug-likeness (QED) is 0.849. The van der Waals surface area contributed by atoms with Gasteiger partial charge in [0.25, 0.3) is 0 Å². The van der Waals surface area contributed by atoms with Gasteiger partial charge >= 0.3 is 0 Å². The standard InChI is InChI=1S/C12H20N4S/c1-10-8-12(15-9-11(10)13)14-2-3-16-4-6-17-7-5-16/h8-9H,2-7,13H2,1H3,(H,14,15). The van der Waals surface area contributed by atoms with Gasteiger partial charge in [0.15, 0.2) is 0 Å². The molecule has 0 spiro atoms. The maximum Gasteiger partial charge on any atom is 0.126 e. The van der Waals surface area contributed by atoms with Crippen LogP contribution in [0.15, 0.2) is 12.3 Å². The fraction of sp³-hybridized carbons (Fsp3) is 0.583. The molecule has 94 valence electrons. The lowest BCUT2D eigenvalue weighted by atomic mass is 10.2. The molecule has 1 saturated heterocycles. The van der Waals surface area contributed by atoms with Crippen molar-refractivity contribution in [1.82, 2.24) is 9.88 Å². The molecule has 17 heavy (non-hydrogen) atoms. The molecule has 3 N–H and O–H groups in total. The maximum absolute atomic E-state index is 5.73. The van der Waals surface area contributed by atoms with Gasteiger partial charge in [0.05, 0.1) is 11.9 Å². The van der Waals surface area contributed by atoms with Crippen molar-refractivity contribution < 1.29 is 0 Å². The van der Waals surface area contributed by atoms with Crippen LogP contribution in [0.3, 0.4) is 0 Å². The van der Waals surface area contributed by atoms with Gasteiger partial charge in [0.2, 0.25) is 0 Å². The molecular weight excluding hydrogens is 232 g/mol. The average molecular weight is 252 g/mol. The van der Waals surface area contributed by atoms with Crippen LogP contribution in [-0.4, -0.2) is 47.6 Å². The highest BCUT2D eigenvalue weighted by atomic mass is 32.2. The topological polar surface area (TPSA) is 54.2 Å². The molecule has 0 radical (unpaired) electrons. The second kappa shape index (κ2) is 6.12. The molecule has 1 aromatic rings. The van der Waals surface area contributed by atoms with Crippen molar-refractivity contribution in [2.45, 2.75) is 6.92 Å². The summed E-state index contributed by atoms with van der Waals surface area (Å²) in [5, 5.41) is 3.34. The van der Waals surface area contributed by atoms with Gasteiger partial charge in [-0.05, 0) is 18.6 Å². The molecule has 0 unspecified atom stereocenters. The van der Waals surface area contributed by atoms with E-state index < -0.39 is 0 Å². The van der Waals surface area contributed by atoms with Gasteiger partial charge in [-0.15, -0.1) is 0 Å². The highest BCUT2D eigenvalue weighted by Gasteiger charge is 2.09. The number of aryl methyl sites for hydroxylation is 1. The summed E-state index contributed by atoms with van der Waals surface area (Å²) in [5.74, 6) is 3.45. The van der Waals surface area contributed by atoms with Crippen LogP contribution in [0, 0.1) is 6.92 Å². The summed E-state index contributed by atoms with van der Waals surface area (Å²) >= 11 is 2.04. The van der Waals surface area contributed by atoms with E-state index >= 15 is 0 Å². The van der Waals surface area contributed by atoms with Crippen LogP contribution in [-0.2, 0) is 0 Å². The Morgan fingerprint density at radius 3 is 2.94 bits per heavy atom. The molecule has 0 atom stereocenters. The van der Waals surface area contributed by atoms with Crippen LogP contribution in [0.2, 0.25) is 0 Å². The van der Waals surface area contributed by atoms with Gasteiger partial charge in [-0.2, -0.15) is 11.8 Å². The second-order valence-corrected chi connectivity index (χ2v) is 5.53. The zero-order valence-corrected chi connectivity index (χ0v) is 11.1. The first kappa shape index (κ1) is 12.5. The predicted molar refractivity (Wildman–Crippen MR) is 75.6 cm³/mol. The molecule has 0 aromatic carbocycles. The molecule has 0 saturated carbocycles. The van der Waals surface area contributed by atoms with Gasteiger partial charge in [-0.1, -0.05) is 0 Å². The second-order valence-electron chi connectivity index (χ2n) is 4.31. The van der Waals surface area contributed by atoms with Crippen molar-refractivity contribution in [2.75, 3.05) is 48.7 Å². The van der Waals surface area contributed by atoms with Crippen LogP contribution >= 0.6 is 11.8 Å². The first-order valence-electron chi connectivity index (χ1n) is 6.02. The largest absolute Gasteiger partial charge is 0.397 e. The minimum Gasteiger partial charge on any atom is -0.397 e. The third kappa shape index (κ3) is 3.78. The Bertz CT molecular complexity index is 364. The van der Waals surface area contributed by atoms with Gasteiger partial charge < -0.3 is 11.1 Å². The minimum absolute atomic E-state index is 0.753. The monoisotopic (exact) mass is 252 g/mol. The van der Waals surface area contributed by atoms with Crippen molar-refractivity contribution in [1.29, 1.82) is 0 Å². The van der Waals surface area contributed by atoms with Crippen molar-refractivity contribution in [2.24, 2.45) is 0 Å². The van der Waals surface area contributed by atoms with E-state index in [0.29, 0.717) is 0 Å². The number of aromatic nitrogens is 1. The Hall–Kier alpha value is -0.940. The third-order valence-electron chi connectivity index (χ3n) is 2.99. The predicted octanol–water partition coefficient (Wildman–Crippen LogP) is 1.43. The zero-order valence-electron chi connectivity index (χ0n) is 10.3. The molecule has 4 nitrogen and oxygen atoms in total. The number of nitrogens with two attached hydrogens (primary N) is 1. The van der Waals surface area contributed by atoms with Crippen LogP contribution in [0.4, 0.5) is 11.5 Å². The summed E-state index contributed by atoms with van der Waals surface area (Å²) < 4.78 is 0. The van der Waals surface area contributed by atoms with Gasteiger partial charge in [-0.25, -0.2) is 4.98 Å². The summed E-state index contributed by atoms with van der Waals surface area (Å²) in [5.41, 5.74) is 7.57. The lowest BCUT2D eigenvalue weighted by Gasteiger charge is -2.26. The van der Waals surface area contributed by atoms with E-state index in [2.05, 4.69) is 15.2 Å². The number of anilines is 2. The van der Waals surface area contributed by atoms with E-state index in [4.69, 9.17) is 5.73 Å². The number of nitrogen functional groups attached to an aromatic ring is 1. The normalized spacial score (nSPS) is 17.0. The zero-order chi connectivity index (χ0) is 12.1. The van der Waals surface area contributed by atoms with E-state index in [1.54, 1.807) is 6.20 Å². The van der Waals surface area contributed by atoms with Crippen molar-refractivity contribution >= 4 is 23.3 Å². The summed E-state index contributed by atoms with van der Waals surface area (Å²) in [7, 11) is 0. The van der Waals surface area contributed by atoms with E-state index in [9.17, 15) is 0 Å². The Morgan fingerprint density at radius 2 is 2.24 bits per heavy atom. The smallest absolute Gasteiger partial charge is 0.126 e. The summed E-state index contributed by atoms with van der Waals surface area (Å²) in [6.45, 7) is 6.46. The SMILES string of the molecule is Cc1cc(NCCN2CCSCC2)ncc1N. The van der Waals surface area contributed by atoms with Crippen molar-refractivity contribution in [3.8, 4) is 0 Å². The van der Waals surface area contributed by atoms with Gasteiger partial charge in [0, 0.05) is 37.7 Å². The molecular formula is C12H20N4S. The van der Waals surface area contributed by atoms with Gasteiger partial charge in [-0.3, -0.25) is 4.90 Å². The Labute approximate surface area is 107 Å². The average Bonchev–Trinajstić information content (AvgIpc) is 2.35. The van der Waals surface area contributed by atoms with Crippen molar-refractivity contribution in [3.63, 3.8) is 0 Å². The number of hydrogen-bond donors (Lipinski definition) is 2. The van der Waals surface area contributed by atoms with Gasteiger partial charge in [0.1, 0.15) is 5.82 Å². The lowest BCUT2D eigenvalue weighted by molar-refractivity contribution is 0.314. The molecule has 1 aliphatic heterocycles. The van der Waals surface area contributed by atoms with Crippen LogP contribution in [0.25, 0.3) is 0 Å². The van der Waals surface area contributed by atoms with E-state index in [1.807, 2.05) is 24.8 Å². The Morgan fingerprint density at radius 1 is 1.47 bits per heavy atom. The third-order valence-corrected chi connectivity index (χ3v) is 3.93. The van der Waals surface area contributed by atoms with E-state index in [-0.39, 0.29) is 0 Å². The molecule has 5 heteroatoms. The highest BCUT2D eigenvalue weighted by Crippen LogP contribution is 2.13. The first-order valence-corrected chi connectivity index (χ1v) is 7.17. The molecule has 2 rings (SSSR count). The van der Waals surface area contributed by atoms with Crippen LogP contribution in [0.1, 0.15) is 5.56 Å². The van der Waals surface area contributed by atoms with E-state index in [1.165, 1.54) is 24.6 Å². The highest BCUT2D eigenvalue weighted by molar-refractivity contribution is 7.99. The molecule has 1 aliphatic rings. The number of nitrogens with zero attached hydrogens (tertiary/aromatic N) is 2. The summed E-state index contributed by atoms with van der Waals surface area (Å²) in [4.78, 5) is 6.76. The minimum atomic E-state index is 0.753. The maximum atomic E-state index is 5.73. The summed E-state index contributed by atoms with van der Waals surface area (Å²) in [6.07, 6.45) is 1.72. The molecule has 1 fully saturated rings. The Kier molecular flexibility index (Phi) is 4.50. The fourth-order valence-corrected chi connectivity index (χ4v) is 2.81. The molecule has 0 bridgehead atoms. The Balaban J connectivity index is 1.75. The lowest BCUT2D eigenvalue weighted by Crippen LogP contribution is -2.36. The number of pyridine rings is 1. The number of nitrogens with one attached hydrogen (secondary N) is 1. The van der Waals surface area contributed by atoms with Crippen LogP contribution < -0.4 is 11.1 Å². The fourth-order valence-electron chi connectivity index (χ4n) is 1.83. The van der Waals surface area contributed by atoms with Crippen LogP contribution in [0.5, 0.6) is 0 Å². The molecule has 1 aromatic heterocycles. The number of rotatable bonds is 4. The molecule has 0 aliphatic carbocycles. The molecule has 2 heterocycles. The first-order chi connectivity index (χ1) is 8.25. The van der Waals surface area contributed by atoms with E-state index in [0.717, 1.165) is 30.2 Å². The summed E-state index contributed by atoms with van der Waals surface area (Å²) in [6, 6.07) is 2.00. The van der Waals surface area contributed by atoms with Crippen molar-refractivity contribution in [3.05, 3.63) is 17.8 Å².